The van der Waals surface area contributed by atoms with Crippen molar-refractivity contribution >= 4 is 23.6 Å². The van der Waals surface area contributed by atoms with Crippen molar-refractivity contribution in [3.8, 4) is 0 Å². The zero-order valence-electron chi connectivity index (χ0n) is 13.4. The molecule has 0 spiro atoms. The molecule has 124 valence electrons. The molecule has 0 aromatic heterocycles. The molecule has 5 nitrogen and oxygen atoms in total. The average molecular weight is 325 g/mol. The molecular weight excluding hydrogens is 306 g/mol. The third kappa shape index (κ3) is 5.70. The van der Waals surface area contributed by atoms with E-state index in [2.05, 4.69) is 5.32 Å². The number of anilines is 1. The van der Waals surface area contributed by atoms with Crippen LogP contribution in [0.3, 0.4) is 0 Å². The zero-order chi connectivity index (χ0) is 17.2. The van der Waals surface area contributed by atoms with E-state index in [0.717, 1.165) is 5.56 Å². The number of hydrogen-bond acceptors (Lipinski definition) is 4. The van der Waals surface area contributed by atoms with Crippen molar-refractivity contribution in [2.45, 2.75) is 0 Å². The Morgan fingerprint density at radius 2 is 1.71 bits per heavy atom. The van der Waals surface area contributed by atoms with Crippen molar-refractivity contribution in [2.24, 2.45) is 0 Å². The number of ether oxygens (including phenoxy) is 2. The van der Waals surface area contributed by atoms with Crippen LogP contribution >= 0.6 is 0 Å². The van der Waals surface area contributed by atoms with Crippen molar-refractivity contribution in [1.29, 1.82) is 0 Å². The van der Waals surface area contributed by atoms with Crippen molar-refractivity contribution in [1.82, 2.24) is 0 Å². The highest BCUT2D eigenvalue weighted by molar-refractivity contribution is 6.02. The van der Waals surface area contributed by atoms with Crippen molar-refractivity contribution in [3.63, 3.8) is 0 Å². The fourth-order valence-electron chi connectivity index (χ4n) is 1.91. The molecule has 0 fully saturated rings. The van der Waals surface area contributed by atoms with Crippen LogP contribution in [0.25, 0.3) is 6.08 Å². The maximum absolute atomic E-state index is 11.9. The molecule has 0 heterocycles. The van der Waals surface area contributed by atoms with E-state index in [4.69, 9.17) is 9.47 Å². The third-order valence-corrected chi connectivity index (χ3v) is 3.14. The number of methoxy groups -OCH3 is 1. The van der Waals surface area contributed by atoms with Gasteiger partial charge in [-0.25, -0.2) is 4.79 Å². The predicted molar refractivity (Wildman–Crippen MR) is 92.7 cm³/mol. The minimum Gasteiger partial charge on any atom is -0.460 e. The molecular formula is C19H19NO4. The third-order valence-electron chi connectivity index (χ3n) is 3.14. The van der Waals surface area contributed by atoms with E-state index in [9.17, 15) is 9.59 Å². The average Bonchev–Trinajstić information content (AvgIpc) is 2.61. The Morgan fingerprint density at radius 3 is 2.38 bits per heavy atom. The molecule has 0 atom stereocenters. The van der Waals surface area contributed by atoms with Crippen molar-refractivity contribution < 1.29 is 19.1 Å². The van der Waals surface area contributed by atoms with Gasteiger partial charge < -0.3 is 14.8 Å². The van der Waals surface area contributed by atoms with E-state index in [0.29, 0.717) is 17.9 Å². The van der Waals surface area contributed by atoms with Gasteiger partial charge in [-0.05, 0) is 35.9 Å². The first-order valence-corrected chi connectivity index (χ1v) is 7.49. The number of carbonyl (C=O) groups is 2. The van der Waals surface area contributed by atoms with Gasteiger partial charge in [-0.15, -0.1) is 0 Å². The SMILES string of the molecule is COCCOC(=O)c1ccc(NC(=O)/C=C/c2ccccc2)cc1. The molecule has 0 radical (unpaired) electrons. The molecule has 0 aliphatic heterocycles. The maximum Gasteiger partial charge on any atom is 0.338 e. The van der Waals surface area contributed by atoms with Gasteiger partial charge in [-0.2, -0.15) is 0 Å². The first kappa shape index (κ1) is 17.4. The summed E-state index contributed by atoms with van der Waals surface area (Å²) in [6, 6.07) is 16.1. The fourth-order valence-corrected chi connectivity index (χ4v) is 1.91. The highest BCUT2D eigenvalue weighted by Crippen LogP contribution is 2.11. The monoisotopic (exact) mass is 325 g/mol. The fraction of sp³-hybridized carbons (Fsp3) is 0.158. The van der Waals surface area contributed by atoms with Gasteiger partial charge in [0.1, 0.15) is 6.61 Å². The van der Waals surface area contributed by atoms with Gasteiger partial charge in [-0.3, -0.25) is 4.79 Å². The van der Waals surface area contributed by atoms with Crippen molar-refractivity contribution in [3.05, 3.63) is 71.8 Å². The number of amides is 1. The highest BCUT2D eigenvalue weighted by atomic mass is 16.6. The second-order valence-electron chi connectivity index (χ2n) is 4.94. The Hall–Kier alpha value is -2.92. The van der Waals surface area contributed by atoms with E-state index in [1.54, 1.807) is 30.3 Å². The Morgan fingerprint density at radius 1 is 1.00 bits per heavy atom. The molecule has 2 aromatic carbocycles. The second kappa shape index (κ2) is 9.27. The van der Waals surface area contributed by atoms with E-state index in [1.165, 1.54) is 13.2 Å². The summed E-state index contributed by atoms with van der Waals surface area (Å²) in [7, 11) is 1.54. The predicted octanol–water partition coefficient (Wildman–Crippen LogP) is 3.14. The van der Waals surface area contributed by atoms with E-state index >= 15 is 0 Å². The molecule has 1 amide bonds. The summed E-state index contributed by atoms with van der Waals surface area (Å²) in [6.07, 6.45) is 3.19. The Bertz CT molecular complexity index is 693. The number of esters is 1. The summed E-state index contributed by atoms with van der Waals surface area (Å²) in [5, 5.41) is 2.73. The summed E-state index contributed by atoms with van der Waals surface area (Å²) in [5.41, 5.74) is 1.97. The molecule has 1 N–H and O–H groups in total. The number of carbonyl (C=O) groups excluding carboxylic acids is 2. The minimum absolute atomic E-state index is 0.206. The van der Waals surface area contributed by atoms with Crippen LogP contribution in [0.5, 0.6) is 0 Å². The summed E-state index contributed by atoms with van der Waals surface area (Å²) in [5.74, 6) is -0.664. The van der Waals surface area contributed by atoms with Crippen LogP contribution < -0.4 is 5.32 Å². The highest BCUT2D eigenvalue weighted by Gasteiger charge is 2.07. The molecule has 0 saturated carbocycles. The molecule has 0 aliphatic carbocycles. The first-order valence-electron chi connectivity index (χ1n) is 7.49. The number of benzene rings is 2. The molecule has 2 aromatic rings. The lowest BCUT2D eigenvalue weighted by atomic mass is 10.2. The Balaban J connectivity index is 1.88. The zero-order valence-corrected chi connectivity index (χ0v) is 13.4. The lowest BCUT2D eigenvalue weighted by molar-refractivity contribution is -0.111. The van der Waals surface area contributed by atoms with Crippen LogP contribution in [0.1, 0.15) is 15.9 Å². The van der Waals surface area contributed by atoms with Gasteiger partial charge in [0.05, 0.1) is 12.2 Å². The maximum atomic E-state index is 11.9. The van der Waals surface area contributed by atoms with Crippen LogP contribution in [-0.4, -0.2) is 32.2 Å². The number of nitrogens with one attached hydrogen (secondary N) is 1. The molecule has 24 heavy (non-hydrogen) atoms. The second-order valence-corrected chi connectivity index (χ2v) is 4.94. The molecule has 0 bridgehead atoms. The van der Waals surface area contributed by atoms with Crippen LogP contribution in [0.2, 0.25) is 0 Å². The lowest BCUT2D eigenvalue weighted by Gasteiger charge is -2.06. The lowest BCUT2D eigenvalue weighted by Crippen LogP contribution is -2.11. The number of hydrogen-bond donors (Lipinski definition) is 1. The van der Waals surface area contributed by atoms with Gasteiger partial charge >= 0.3 is 5.97 Å². The van der Waals surface area contributed by atoms with E-state index in [-0.39, 0.29) is 12.5 Å². The smallest absolute Gasteiger partial charge is 0.338 e. The molecule has 2 rings (SSSR count). The topological polar surface area (TPSA) is 64.6 Å². The summed E-state index contributed by atoms with van der Waals surface area (Å²) < 4.78 is 9.83. The quantitative estimate of drug-likeness (QED) is 0.482. The molecule has 5 heteroatoms. The van der Waals surface area contributed by atoms with Gasteiger partial charge in [0.15, 0.2) is 0 Å². The van der Waals surface area contributed by atoms with Crippen LogP contribution in [0.4, 0.5) is 5.69 Å². The Labute approximate surface area is 140 Å². The minimum atomic E-state index is -0.422. The number of rotatable bonds is 7. The van der Waals surface area contributed by atoms with Crippen molar-refractivity contribution in [2.75, 3.05) is 25.6 Å². The van der Waals surface area contributed by atoms with E-state index < -0.39 is 5.97 Å². The molecule has 0 aliphatic rings. The normalized spacial score (nSPS) is 10.5. The largest absolute Gasteiger partial charge is 0.460 e. The molecule has 0 unspecified atom stereocenters. The van der Waals surface area contributed by atoms with Crippen LogP contribution in [0, 0.1) is 0 Å². The first-order chi connectivity index (χ1) is 11.7. The molecule has 0 saturated heterocycles. The standard InChI is InChI=1S/C19H19NO4/c1-23-13-14-24-19(22)16-8-10-17(11-9-16)20-18(21)12-7-15-5-3-2-4-6-15/h2-12H,13-14H2,1H3,(H,20,21)/b12-7+. The van der Waals surface area contributed by atoms with Crippen LogP contribution in [0.15, 0.2) is 60.7 Å². The van der Waals surface area contributed by atoms with Gasteiger partial charge in [0.2, 0.25) is 5.91 Å². The van der Waals surface area contributed by atoms with Gasteiger partial charge in [0.25, 0.3) is 0 Å². The summed E-state index contributed by atoms with van der Waals surface area (Å²) in [6.45, 7) is 0.561. The summed E-state index contributed by atoms with van der Waals surface area (Å²) >= 11 is 0. The van der Waals surface area contributed by atoms with E-state index in [1.807, 2.05) is 30.3 Å². The van der Waals surface area contributed by atoms with Crippen LogP contribution in [-0.2, 0) is 14.3 Å². The Kier molecular flexibility index (Phi) is 6.73. The van der Waals surface area contributed by atoms with Gasteiger partial charge in [0, 0.05) is 18.9 Å². The van der Waals surface area contributed by atoms with Gasteiger partial charge in [-0.1, -0.05) is 30.3 Å². The summed E-state index contributed by atoms with van der Waals surface area (Å²) in [4.78, 5) is 23.6.